The van der Waals surface area contributed by atoms with Crippen LogP contribution in [0.3, 0.4) is 0 Å². The standard InChI is InChI=1S/C4H9F3N2.ClH/c1-2-3(9-8)4(5,6)7;/h3,9H,2,8H2,1H3;1H. The van der Waals surface area contributed by atoms with E-state index in [0.717, 1.165) is 0 Å². The molecule has 10 heavy (non-hydrogen) atoms. The SMILES string of the molecule is CCC(NN)C(F)(F)F.Cl. The van der Waals surface area contributed by atoms with Crippen LogP contribution in [0.2, 0.25) is 0 Å². The minimum absolute atomic E-state index is 0. The van der Waals surface area contributed by atoms with Gasteiger partial charge in [-0.2, -0.15) is 13.2 Å². The molecule has 0 aliphatic heterocycles. The van der Waals surface area contributed by atoms with Gasteiger partial charge >= 0.3 is 6.18 Å². The van der Waals surface area contributed by atoms with Gasteiger partial charge in [-0.1, -0.05) is 6.92 Å². The quantitative estimate of drug-likeness (QED) is 0.493. The van der Waals surface area contributed by atoms with Gasteiger partial charge in [0.25, 0.3) is 0 Å². The van der Waals surface area contributed by atoms with Crippen molar-refractivity contribution in [3.05, 3.63) is 0 Å². The molecule has 2 nitrogen and oxygen atoms in total. The minimum Gasteiger partial charge on any atom is -0.271 e. The van der Waals surface area contributed by atoms with E-state index in [1.165, 1.54) is 6.92 Å². The molecule has 3 N–H and O–H groups in total. The highest BCUT2D eigenvalue weighted by Gasteiger charge is 2.37. The largest absolute Gasteiger partial charge is 0.405 e. The number of hydrogen-bond donors (Lipinski definition) is 2. The predicted octanol–water partition coefficient (Wildman–Crippen LogP) is 1.21. The lowest BCUT2D eigenvalue weighted by molar-refractivity contribution is -0.156. The highest BCUT2D eigenvalue weighted by Crippen LogP contribution is 2.21. The van der Waals surface area contributed by atoms with Crippen LogP contribution >= 0.6 is 12.4 Å². The molecule has 1 unspecified atom stereocenters. The summed E-state index contributed by atoms with van der Waals surface area (Å²) in [6.07, 6.45) is -4.26. The third kappa shape index (κ3) is 3.92. The normalized spacial score (nSPS) is 14.1. The molecule has 0 aromatic carbocycles. The molecule has 0 heterocycles. The molecule has 0 aromatic rings. The molecule has 0 aromatic heterocycles. The van der Waals surface area contributed by atoms with Gasteiger partial charge in [0.1, 0.15) is 6.04 Å². The Kier molecular flexibility index (Phi) is 6.02. The maximum Gasteiger partial charge on any atom is 0.405 e. The van der Waals surface area contributed by atoms with Gasteiger partial charge in [-0.25, -0.2) is 5.43 Å². The fourth-order valence-electron chi connectivity index (χ4n) is 0.444. The Hall–Kier alpha value is -0.0000000000000000555. The summed E-state index contributed by atoms with van der Waals surface area (Å²) >= 11 is 0. The zero-order valence-electron chi connectivity index (χ0n) is 5.40. The second-order valence-corrected chi connectivity index (χ2v) is 1.67. The van der Waals surface area contributed by atoms with Crippen molar-refractivity contribution < 1.29 is 13.2 Å². The summed E-state index contributed by atoms with van der Waals surface area (Å²) in [7, 11) is 0. The Morgan fingerprint density at radius 3 is 1.90 bits per heavy atom. The van der Waals surface area contributed by atoms with Crippen molar-refractivity contribution in [1.29, 1.82) is 0 Å². The molecule has 0 fully saturated rings. The van der Waals surface area contributed by atoms with Crippen LogP contribution in [0, 0.1) is 0 Å². The number of alkyl halides is 3. The topological polar surface area (TPSA) is 38.0 Å². The Morgan fingerprint density at radius 2 is 1.90 bits per heavy atom. The number of hydrogen-bond acceptors (Lipinski definition) is 2. The molecular formula is C4H10ClF3N2. The van der Waals surface area contributed by atoms with Crippen LogP contribution in [0.1, 0.15) is 13.3 Å². The van der Waals surface area contributed by atoms with E-state index in [0.29, 0.717) is 0 Å². The van der Waals surface area contributed by atoms with Gasteiger partial charge in [-0.15, -0.1) is 12.4 Å². The van der Waals surface area contributed by atoms with E-state index in [2.05, 4.69) is 5.84 Å². The average molecular weight is 179 g/mol. The van der Waals surface area contributed by atoms with Gasteiger partial charge in [0.05, 0.1) is 0 Å². The van der Waals surface area contributed by atoms with Crippen molar-refractivity contribution in [1.82, 2.24) is 5.43 Å². The number of rotatable bonds is 2. The second-order valence-electron chi connectivity index (χ2n) is 1.67. The summed E-state index contributed by atoms with van der Waals surface area (Å²) in [5.74, 6) is 4.60. The molecule has 0 aliphatic rings. The van der Waals surface area contributed by atoms with E-state index in [1.807, 2.05) is 0 Å². The summed E-state index contributed by atoms with van der Waals surface area (Å²) in [4.78, 5) is 0. The lowest BCUT2D eigenvalue weighted by Gasteiger charge is -2.16. The number of nitrogens with two attached hydrogens (primary N) is 1. The van der Waals surface area contributed by atoms with Crippen LogP contribution in [-0.4, -0.2) is 12.2 Å². The lowest BCUT2D eigenvalue weighted by atomic mass is 10.2. The highest BCUT2D eigenvalue weighted by molar-refractivity contribution is 5.85. The first-order valence-corrected chi connectivity index (χ1v) is 2.55. The van der Waals surface area contributed by atoms with E-state index >= 15 is 0 Å². The van der Waals surface area contributed by atoms with Crippen molar-refractivity contribution in [3.63, 3.8) is 0 Å². The molecule has 0 saturated heterocycles. The number of hydrazine groups is 1. The zero-order chi connectivity index (χ0) is 7.49. The number of nitrogens with one attached hydrogen (secondary N) is 1. The van der Waals surface area contributed by atoms with Gasteiger partial charge in [0, 0.05) is 0 Å². The van der Waals surface area contributed by atoms with Crippen LogP contribution in [0.25, 0.3) is 0 Å². The van der Waals surface area contributed by atoms with Crippen LogP contribution in [0.15, 0.2) is 0 Å². The van der Waals surface area contributed by atoms with Crippen molar-refractivity contribution in [2.75, 3.05) is 0 Å². The first-order chi connectivity index (χ1) is 4.02. The maximum absolute atomic E-state index is 11.6. The first kappa shape index (κ1) is 12.7. The second kappa shape index (κ2) is 4.76. The molecule has 0 saturated carbocycles. The summed E-state index contributed by atoms with van der Waals surface area (Å²) in [5, 5.41) is 0. The van der Waals surface area contributed by atoms with Crippen LogP contribution < -0.4 is 11.3 Å². The maximum atomic E-state index is 11.6. The van der Waals surface area contributed by atoms with Crippen molar-refractivity contribution in [2.45, 2.75) is 25.6 Å². The molecule has 6 heteroatoms. The Balaban J connectivity index is 0. The van der Waals surface area contributed by atoms with Crippen LogP contribution in [0.5, 0.6) is 0 Å². The van der Waals surface area contributed by atoms with Crippen molar-refractivity contribution in [3.8, 4) is 0 Å². The van der Waals surface area contributed by atoms with Gasteiger partial charge < -0.3 is 0 Å². The van der Waals surface area contributed by atoms with Gasteiger partial charge in [-0.05, 0) is 6.42 Å². The van der Waals surface area contributed by atoms with Crippen molar-refractivity contribution in [2.24, 2.45) is 5.84 Å². The Morgan fingerprint density at radius 1 is 1.50 bits per heavy atom. The van der Waals surface area contributed by atoms with Crippen LogP contribution in [0.4, 0.5) is 13.2 Å². The minimum atomic E-state index is -4.22. The molecule has 64 valence electrons. The fraction of sp³-hybridized carbons (Fsp3) is 1.00. The molecule has 0 spiro atoms. The predicted molar refractivity (Wildman–Crippen MR) is 34.7 cm³/mol. The lowest BCUT2D eigenvalue weighted by Crippen LogP contribution is -2.45. The molecule has 0 rings (SSSR count). The molecule has 0 radical (unpaired) electrons. The van der Waals surface area contributed by atoms with Crippen LogP contribution in [-0.2, 0) is 0 Å². The van der Waals surface area contributed by atoms with Gasteiger partial charge in [-0.3, -0.25) is 5.84 Å². The highest BCUT2D eigenvalue weighted by atomic mass is 35.5. The van der Waals surface area contributed by atoms with E-state index in [-0.39, 0.29) is 18.8 Å². The first-order valence-electron chi connectivity index (χ1n) is 2.55. The Labute approximate surface area is 63.3 Å². The molecule has 1 atom stereocenters. The Bertz CT molecular complexity index is 81.1. The summed E-state index contributed by atoms with van der Waals surface area (Å²) in [5.41, 5.74) is 1.67. The van der Waals surface area contributed by atoms with E-state index in [1.54, 1.807) is 5.43 Å². The number of halogens is 4. The summed E-state index contributed by atoms with van der Waals surface area (Å²) in [6.45, 7) is 1.41. The van der Waals surface area contributed by atoms with Gasteiger partial charge in [0.2, 0.25) is 0 Å². The zero-order valence-corrected chi connectivity index (χ0v) is 6.22. The third-order valence-electron chi connectivity index (χ3n) is 1.00. The molecular weight excluding hydrogens is 169 g/mol. The van der Waals surface area contributed by atoms with Crippen molar-refractivity contribution >= 4 is 12.4 Å². The summed E-state index contributed by atoms with van der Waals surface area (Å²) < 4.78 is 34.7. The third-order valence-corrected chi connectivity index (χ3v) is 1.00. The average Bonchev–Trinajstić information content (AvgIpc) is 1.65. The molecule has 0 amide bonds. The van der Waals surface area contributed by atoms with Gasteiger partial charge in [0.15, 0.2) is 0 Å². The smallest absolute Gasteiger partial charge is 0.271 e. The monoisotopic (exact) mass is 178 g/mol. The van der Waals surface area contributed by atoms with E-state index in [4.69, 9.17) is 0 Å². The fourth-order valence-corrected chi connectivity index (χ4v) is 0.444. The molecule has 0 aliphatic carbocycles. The summed E-state index contributed by atoms with van der Waals surface area (Å²) in [6, 6.07) is -1.57. The van der Waals surface area contributed by atoms with E-state index < -0.39 is 12.2 Å². The van der Waals surface area contributed by atoms with E-state index in [9.17, 15) is 13.2 Å². The molecule has 0 bridgehead atoms.